The van der Waals surface area contributed by atoms with Crippen LogP contribution in [0.1, 0.15) is 20.3 Å². The van der Waals surface area contributed by atoms with Gasteiger partial charge in [0.05, 0.1) is 6.10 Å². The number of likely N-dealkylation sites (N-methyl/N-ethyl adjacent to an activating group) is 1. The Morgan fingerprint density at radius 2 is 1.86 bits per heavy atom. The molecule has 0 saturated carbocycles. The van der Waals surface area contributed by atoms with Gasteiger partial charge in [-0.3, -0.25) is 4.79 Å². The van der Waals surface area contributed by atoms with Gasteiger partial charge in [0.2, 0.25) is 5.91 Å². The van der Waals surface area contributed by atoms with Crippen molar-refractivity contribution in [3.05, 3.63) is 24.3 Å². The van der Waals surface area contributed by atoms with Gasteiger partial charge in [0.1, 0.15) is 5.75 Å². The lowest BCUT2D eigenvalue weighted by molar-refractivity contribution is -0.116. The van der Waals surface area contributed by atoms with Gasteiger partial charge in [0, 0.05) is 31.7 Å². The summed E-state index contributed by atoms with van der Waals surface area (Å²) in [5, 5.41) is 6.12. The number of carbonyl (C=O) groups is 1. The van der Waals surface area contributed by atoms with E-state index in [4.69, 9.17) is 4.74 Å². The van der Waals surface area contributed by atoms with Crippen LogP contribution < -0.4 is 15.4 Å². The average molecular weight is 293 g/mol. The van der Waals surface area contributed by atoms with Gasteiger partial charge >= 0.3 is 0 Å². The van der Waals surface area contributed by atoms with E-state index in [0.29, 0.717) is 13.0 Å². The lowest BCUT2D eigenvalue weighted by Crippen LogP contribution is -2.29. The van der Waals surface area contributed by atoms with Crippen LogP contribution in [0.15, 0.2) is 24.3 Å². The Balaban J connectivity index is 2.25. The first-order valence-electron chi connectivity index (χ1n) is 7.39. The highest BCUT2D eigenvalue weighted by Gasteiger charge is 2.03. The molecule has 0 heterocycles. The monoisotopic (exact) mass is 293 g/mol. The van der Waals surface area contributed by atoms with Crippen molar-refractivity contribution < 1.29 is 9.53 Å². The summed E-state index contributed by atoms with van der Waals surface area (Å²) in [6, 6.07) is 7.44. The number of nitrogens with zero attached hydrogens (tertiary/aromatic N) is 1. The summed E-state index contributed by atoms with van der Waals surface area (Å²) >= 11 is 0. The van der Waals surface area contributed by atoms with E-state index in [1.807, 2.05) is 52.2 Å². The van der Waals surface area contributed by atoms with Crippen LogP contribution in [0.3, 0.4) is 0 Å². The summed E-state index contributed by atoms with van der Waals surface area (Å²) in [5.41, 5.74) is 0.796. The van der Waals surface area contributed by atoms with Crippen molar-refractivity contribution in [2.24, 2.45) is 0 Å². The molecule has 0 radical (unpaired) electrons. The third kappa shape index (κ3) is 8.32. The Morgan fingerprint density at radius 1 is 1.19 bits per heavy atom. The average Bonchev–Trinajstić information content (AvgIpc) is 2.39. The van der Waals surface area contributed by atoms with E-state index in [2.05, 4.69) is 15.5 Å². The van der Waals surface area contributed by atoms with E-state index in [-0.39, 0.29) is 12.0 Å². The first kappa shape index (κ1) is 17.5. The van der Waals surface area contributed by atoms with E-state index in [1.54, 1.807) is 0 Å². The van der Waals surface area contributed by atoms with E-state index in [0.717, 1.165) is 24.5 Å². The molecule has 0 aliphatic carbocycles. The summed E-state index contributed by atoms with van der Waals surface area (Å²) in [4.78, 5) is 13.9. The van der Waals surface area contributed by atoms with Gasteiger partial charge in [-0.05, 0) is 52.2 Å². The minimum Gasteiger partial charge on any atom is -0.491 e. The summed E-state index contributed by atoms with van der Waals surface area (Å²) < 4.78 is 5.56. The molecule has 0 saturated heterocycles. The van der Waals surface area contributed by atoms with Crippen molar-refractivity contribution in [3.63, 3.8) is 0 Å². The number of hydrogen-bond acceptors (Lipinski definition) is 4. The van der Waals surface area contributed by atoms with Crippen LogP contribution in [0, 0.1) is 0 Å². The van der Waals surface area contributed by atoms with Crippen LogP contribution in [0.2, 0.25) is 0 Å². The van der Waals surface area contributed by atoms with E-state index < -0.39 is 0 Å². The Bertz CT molecular complexity index is 416. The zero-order chi connectivity index (χ0) is 15.7. The molecule has 0 aromatic heterocycles. The summed E-state index contributed by atoms with van der Waals surface area (Å²) in [7, 11) is 4.06. The Kier molecular flexibility index (Phi) is 7.79. The Morgan fingerprint density at radius 3 is 2.43 bits per heavy atom. The highest BCUT2D eigenvalue weighted by Crippen LogP contribution is 2.16. The molecule has 1 amide bonds. The highest BCUT2D eigenvalue weighted by molar-refractivity contribution is 5.90. The maximum absolute atomic E-state index is 11.8. The second kappa shape index (κ2) is 9.37. The van der Waals surface area contributed by atoms with Gasteiger partial charge in [0.25, 0.3) is 0 Å². The van der Waals surface area contributed by atoms with Crippen LogP contribution in [0.5, 0.6) is 5.75 Å². The molecule has 0 aliphatic rings. The van der Waals surface area contributed by atoms with Crippen molar-refractivity contribution in [2.45, 2.75) is 26.4 Å². The molecule has 0 bridgehead atoms. The predicted octanol–water partition coefficient (Wildman–Crippen LogP) is 1.95. The van der Waals surface area contributed by atoms with E-state index in [1.165, 1.54) is 0 Å². The third-order valence-electron chi connectivity index (χ3n) is 2.77. The van der Waals surface area contributed by atoms with Crippen molar-refractivity contribution in [3.8, 4) is 5.75 Å². The van der Waals surface area contributed by atoms with Gasteiger partial charge in [-0.15, -0.1) is 0 Å². The number of anilines is 1. The van der Waals surface area contributed by atoms with Crippen LogP contribution in [0.4, 0.5) is 5.69 Å². The minimum absolute atomic E-state index is 0.0184. The van der Waals surface area contributed by atoms with Crippen molar-refractivity contribution in [1.82, 2.24) is 10.2 Å². The molecule has 1 aromatic rings. The van der Waals surface area contributed by atoms with Gasteiger partial charge < -0.3 is 20.3 Å². The Labute approximate surface area is 127 Å². The fraction of sp³-hybridized carbons (Fsp3) is 0.562. The second-order valence-electron chi connectivity index (χ2n) is 5.54. The molecule has 1 rings (SSSR count). The maximum atomic E-state index is 11.8. The molecule has 0 unspecified atom stereocenters. The zero-order valence-electron chi connectivity index (χ0n) is 13.5. The number of amides is 1. The lowest BCUT2D eigenvalue weighted by atomic mass is 10.3. The topological polar surface area (TPSA) is 53.6 Å². The Hall–Kier alpha value is -1.59. The van der Waals surface area contributed by atoms with Crippen molar-refractivity contribution in [1.29, 1.82) is 0 Å². The minimum atomic E-state index is 0.0184. The van der Waals surface area contributed by atoms with Crippen LogP contribution in [-0.2, 0) is 4.79 Å². The number of rotatable bonds is 9. The van der Waals surface area contributed by atoms with Crippen molar-refractivity contribution >= 4 is 11.6 Å². The molecule has 0 fully saturated rings. The molecule has 118 valence electrons. The van der Waals surface area contributed by atoms with Gasteiger partial charge in [-0.1, -0.05) is 0 Å². The normalized spacial score (nSPS) is 11.0. The van der Waals surface area contributed by atoms with Crippen LogP contribution in [-0.4, -0.2) is 50.6 Å². The maximum Gasteiger partial charge on any atom is 0.225 e. The third-order valence-corrected chi connectivity index (χ3v) is 2.77. The smallest absolute Gasteiger partial charge is 0.225 e. The highest BCUT2D eigenvalue weighted by atomic mass is 16.5. The largest absolute Gasteiger partial charge is 0.491 e. The summed E-state index contributed by atoms with van der Waals surface area (Å²) in [6.45, 7) is 6.52. The zero-order valence-corrected chi connectivity index (χ0v) is 13.5. The lowest BCUT2D eigenvalue weighted by Gasteiger charge is -2.11. The fourth-order valence-electron chi connectivity index (χ4n) is 1.74. The predicted molar refractivity (Wildman–Crippen MR) is 86.9 cm³/mol. The molecular weight excluding hydrogens is 266 g/mol. The molecule has 0 atom stereocenters. The first-order chi connectivity index (χ1) is 9.97. The molecule has 2 N–H and O–H groups in total. The van der Waals surface area contributed by atoms with E-state index in [9.17, 15) is 4.79 Å². The van der Waals surface area contributed by atoms with Crippen molar-refractivity contribution in [2.75, 3.05) is 39.0 Å². The summed E-state index contributed by atoms with van der Waals surface area (Å²) in [6.07, 6.45) is 0.621. The van der Waals surface area contributed by atoms with Gasteiger partial charge in [-0.25, -0.2) is 0 Å². The van der Waals surface area contributed by atoms with Crippen LogP contribution in [0.25, 0.3) is 0 Å². The second-order valence-corrected chi connectivity index (χ2v) is 5.54. The number of ether oxygens (including phenoxy) is 1. The molecule has 0 spiro atoms. The molecule has 0 aliphatic heterocycles. The van der Waals surface area contributed by atoms with Crippen LogP contribution >= 0.6 is 0 Å². The van der Waals surface area contributed by atoms with Gasteiger partial charge in [0.15, 0.2) is 0 Å². The number of carbonyl (C=O) groups excluding carboxylic acids is 1. The molecule has 1 aromatic carbocycles. The molecular formula is C16H27N3O2. The van der Waals surface area contributed by atoms with Gasteiger partial charge in [-0.2, -0.15) is 0 Å². The first-order valence-corrected chi connectivity index (χ1v) is 7.39. The fourth-order valence-corrected chi connectivity index (χ4v) is 1.74. The molecule has 21 heavy (non-hydrogen) atoms. The summed E-state index contributed by atoms with van der Waals surface area (Å²) in [5.74, 6) is 0.832. The number of benzene rings is 1. The molecule has 5 heteroatoms. The quantitative estimate of drug-likeness (QED) is 0.683. The number of hydrogen-bond donors (Lipinski definition) is 2. The standard InChI is InChI=1S/C16H27N3O2/c1-13(2)21-15-7-5-14(6-8-15)18-16(20)9-10-17-11-12-19(3)4/h5-8,13,17H,9-12H2,1-4H3,(H,18,20). The number of nitrogens with one attached hydrogen (secondary N) is 2. The molecule has 5 nitrogen and oxygen atoms in total. The SMILES string of the molecule is CC(C)Oc1ccc(NC(=O)CCNCCN(C)C)cc1. The van der Waals surface area contributed by atoms with E-state index >= 15 is 0 Å².